The van der Waals surface area contributed by atoms with Crippen LogP contribution in [0, 0.1) is 29.4 Å². The topological polar surface area (TPSA) is 103 Å². The van der Waals surface area contributed by atoms with Crippen molar-refractivity contribution in [1.82, 2.24) is 39.1 Å². The van der Waals surface area contributed by atoms with E-state index in [4.69, 9.17) is 15.0 Å². The normalized spacial score (nSPS) is 25.9. The van der Waals surface area contributed by atoms with E-state index >= 15 is 0 Å². The van der Waals surface area contributed by atoms with Crippen LogP contribution in [0.2, 0.25) is 0 Å². The maximum atomic E-state index is 14.8. The van der Waals surface area contributed by atoms with Gasteiger partial charge in [-0.15, -0.1) is 0 Å². The van der Waals surface area contributed by atoms with Gasteiger partial charge >= 0.3 is 0 Å². The summed E-state index contributed by atoms with van der Waals surface area (Å²) in [7, 11) is 4.19. The number of rotatable bonds is 7. The fourth-order valence-electron chi connectivity index (χ4n) is 8.19. The van der Waals surface area contributed by atoms with E-state index in [-0.39, 0.29) is 29.5 Å². The van der Waals surface area contributed by atoms with E-state index in [0.29, 0.717) is 28.9 Å². The van der Waals surface area contributed by atoms with Gasteiger partial charge in [0.15, 0.2) is 5.65 Å². The monoisotopic (exact) mass is 677 g/mol. The highest BCUT2D eigenvalue weighted by Gasteiger charge is 2.34. The number of piperazine rings is 2. The molecule has 1 aromatic carbocycles. The van der Waals surface area contributed by atoms with E-state index < -0.39 is 11.6 Å². The van der Waals surface area contributed by atoms with Crippen molar-refractivity contribution in [2.45, 2.75) is 63.8 Å². The Morgan fingerprint density at radius 2 is 1.35 bits per heavy atom. The van der Waals surface area contributed by atoms with Crippen molar-refractivity contribution in [2.24, 2.45) is 17.8 Å². The fourth-order valence-corrected chi connectivity index (χ4v) is 8.19. The number of fused-ring (bicyclic) bond motifs is 1. The van der Waals surface area contributed by atoms with Crippen molar-refractivity contribution < 1.29 is 18.4 Å². The highest BCUT2D eigenvalue weighted by molar-refractivity contribution is 5.80. The van der Waals surface area contributed by atoms with Gasteiger partial charge in [0, 0.05) is 82.7 Å². The van der Waals surface area contributed by atoms with Crippen molar-refractivity contribution in [2.75, 3.05) is 71.8 Å². The zero-order valence-corrected chi connectivity index (χ0v) is 28.8. The molecule has 3 aromatic rings. The lowest BCUT2D eigenvalue weighted by atomic mass is 9.79. The molecule has 49 heavy (non-hydrogen) atoms. The van der Waals surface area contributed by atoms with Crippen LogP contribution >= 0.6 is 0 Å². The van der Waals surface area contributed by atoms with Crippen LogP contribution in [0.1, 0.15) is 63.2 Å². The van der Waals surface area contributed by atoms with Crippen molar-refractivity contribution in [3.63, 3.8) is 0 Å². The van der Waals surface area contributed by atoms with Gasteiger partial charge in [0.25, 0.3) is 0 Å². The summed E-state index contributed by atoms with van der Waals surface area (Å²) in [6, 6.07) is 3.46. The summed E-state index contributed by atoms with van der Waals surface area (Å²) in [4.78, 5) is 49.7. The van der Waals surface area contributed by atoms with Crippen LogP contribution in [0.5, 0.6) is 0 Å². The second kappa shape index (κ2) is 14.6. The number of carbonyl (C=O) groups is 2. The molecular formula is C36H49F2N9O2. The number of hydrogen-bond donors (Lipinski definition) is 1. The number of amides is 2. The van der Waals surface area contributed by atoms with Gasteiger partial charge in [-0.1, -0.05) is 0 Å². The number of nitrogens with zero attached hydrogens (tertiary/aromatic N) is 8. The van der Waals surface area contributed by atoms with Crippen LogP contribution in [-0.2, 0) is 16.0 Å². The first-order valence-electron chi connectivity index (χ1n) is 18.1. The summed E-state index contributed by atoms with van der Waals surface area (Å²) >= 11 is 0. The summed E-state index contributed by atoms with van der Waals surface area (Å²) in [6.07, 6.45) is 9.22. The molecule has 1 N–H and O–H groups in total. The molecule has 2 aromatic heterocycles. The minimum absolute atomic E-state index is 0.00586. The van der Waals surface area contributed by atoms with Gasteiger partial charge in [0.05, 0.1) is 11.9 Å². The summed E-state index contributed by atoms with van der Waals surface area (Å²) in [5.41, 5.74) is 1.42. The van der Waals surface area contributed by atoms with Gasteiger partial charge in [-0.3, -0.25) is 14.2 Å². The Bertz CT molecular complexity index is 1630. The van der Waals surface area contributed by atoms with E-state index in [1.807, 2.05) is 14.4 Å². The molecule has 0 bridgehead atoms. The van der Waals surface area contributed by atoms with Crippen LogP contribution in [-0.4, -0.2) is 117 Å². The molecule has 2 saturated heterocycles. The predicted molar refractivity (Wildman–Crippen MR) is 183 cm³/mol. The molecule has 7 rings (SSSR count). The van der Waals surface area contributed by atoms with Crippen molar-refractivity contribution in [1.29, 1.82) is 0 Å². The first-order valence-corrected chi connectivity index (χ1v) is 18.1. The second-order valence-electron chi connectivity index (χ2n) is 14.7. The maximum Gasteiger partial charge on any atom is 0.225 e. The molecule has 264 valence electrons. The molecule has 0 spiro atoms. The third-order valence-electron chi connectivity index (χ3n) is 11.4. The van der Waals surface area contributed by atoms with Crippen LogP contribution in [0.15, 0.2) is 24.4 Å². The SMILES string of the molecule is CN1CCN(C(=O)C2CCC(Cc3ncc4nc(Nc5ccc(F)cc5F)n(C5CCC(C(=O)N6CCN(C)CC6)CC5)c4n3)CC2)CC1. The molecule has 2 aliphatic heterocycles. The molecule has 0 radical (unpaired) electrons. The summed E-state index contributed by atoms with van der Waals surface area (Å²) in [6.45, 7) is 6.84. The third-order valence-corrected chi connectivity index (χ3v) is 11.4. The molecular weight excluding hydrogens is 628 g/mol. The van der Waals surface area contributed by atoms with E-state index in [0.717, 1.165) is 122 Å². The highest BCUT2D eigenvalue weighted by atomic mass is 19.1. The first kappa shape index (κ1) is 33.8. The van der Waals surface area contributed by atoms with Crippen LogP contribution < -0.4 is 5.32 Å². The van der Waals surface area contributed by atoms with Gasteiger partial charge in [-0.25, -0.2) is 23.7 Å². The quantitative estimate of drug-likeness (QED) is 0.391. The Balaban J connectivity index is 1.06. The zero-order valence-electron chi connectivity index (χ0n) is 28.8. The van der Waals surface area contributed by atoms with E-state index in [9.17, 15) is 18.4 Å². The Labute approximate surface area is 287 Å². The number of hydrogen-bond acceptors (Lipinski definition) is 8. The Hall–Kier alpha value is -3.71. The standard InChI is InChI=1S/C36H49F2N9O2/c1-43-13-17-45(18-14-43)34(48)25-5-3-24(4-6-25)21-32-39-23-31-33(42-32)47(36(41-31)40-30-12-9-27(37)22-29(30)38)28-10-7-26(8-11-28)35(49)46-19-15-44(2)16-20-46/h9,12,22-26,28H,3-8,10-11,13-21H2,1-2H3,(H,40,41). The summed E-state index contributed by atoms with van der Waals surface area (Å²) < 4.78 is 30.6. The molecule has 2 aliphatic carbocycles. The van der Waals surface area contributed by atoms with Gasteiger partial charge in [-0.2, -0.15) is 0 Å². The number of aromatic nitrogens is 4. The Morgan fingerprint density at radius 3 is 1.92 bits per heavy atom. The summed E-state index contributed by atoms with van der Waals surface area (Å²) in [5.74, 6) is 0.870. The molecule has 0 unspecified atom stereocenters. The molecule has 2 saturated carbocycles. The molecule has 4 aliphatic rings. The molecule has 4 heterocycles. The summed E-state index contributed by atoms with van der Waals surface area (Å²) in [5, 5.41) is 3.11. The Morgan fingerprint density at radius 1 is 0.776 bits per heavy atom. The van der Waals surface area contributed by atoms with Crippen LogP contribution in [0.4, 0.5) is 20.4 Å². The minimum Gasteiger partial charge on any atom is -0.340 e. The van der Waals surface area contributed by atoms with Gasteiger partial charge in [0.1, 0.15) is 23.0 Å². The second-order valence-corrected chi connectivity index (χ2v) is 14.7. The largest absolute Gasteiger partial charge is 0.340 e. The number of likely N-dealkylation sites (N-methyl/N-ethyl adjacent to an activating group) is 2. The van der Waals surface area contributed by atoms with Crippen molar-refractivity contribution in [3.8, 4) is 0 Å². The highest BCUT2D eigenvalue weighted by Crippen LogP contribution is 2.38. The Kier molecular flexibility index (Phi) is 10.1. The number of benzene rings is 1. The van der Waals surface area contributed by atoms with E-state index in [2.05, 4.69) is 29.2 Å². The van der Waals surface area contributed by atoms with Crippen molar-refractivity contribution >= 4 is 34.6 Å². The third kappa shape index (κ3) is 7.57. The predicted octanol–water partition coefficient (Wildman–Crippen LogP) is 4.48. The van der Waals surface area contributed by atoms with Gasteiger partial charge in [0.2, 0.25) is 17.8 Å². The number of imidazole rings is 1. The molecule has 11 nitrogen and oxygen atoms in total. The van der Waals surface area contributed by atoms with Crippen molar-refractivity contribution in [3.05, 3.63) is 41.9 Å². The molecule has 13 heteroatoms. The van der Waals surface area contributed by atoms with E-state index in [1.54, 1.807) is 6.20 Å². The molecule has 4 fully saturated rings. The molecule has 0 atom stereocenters. The van der Waals surface area contributed by atoms with E-state index in [1.165, 1.54) is 12.1 Å². The van der Waals surface area contributed by atoms with Gasteiger partial charge < -0.3 is 24.9 Å². The number of halogens is 2. The van der Waals surface area contributed by atoms with Crippen LogP contribution in [0.25, 0.3) is 11.2 Å². The number of anilines is 2. The number of carbonyl (C=O) groups excluding carboxylic acids is 2. The fraction of sp³-hybridized carbons (Fsp3) is 0.639. The average molecular weight is 678 g/mol. The lowest BCUT2D eigenvalue weighted by Crippen LogP contribution is -2.49. The number of nitrogens with one attached hydrogen (secondary N) is 1. The van der Waals surface area contributed by atoms with Crippen LogP contribution in [0.3, 0.4) is 0 Å². The zero-order chi connectivity index (χ0) is 34.1. The maximum absolute atomic E-state index is 14.8. The smallest absolute Gasteiger partial charge is 0.225 e. The average Bonchev–Trinajstić information content (AvgIpc) is 3.47. The molecule has 2 amide bonds. The van der Waals surface area contributed by atoms with Gasteiger partial charge in [-0.05, 0) is 83.5 Å². The lowest BCUT2D eigenvalue weighted by Gasteiger charge is -2.37. The first-order chi connectivity index (χ1) is 23.7. The lowest BCUT2D eigenvalue weighted by molar-refractivity contribution is -0.139. The minimum atomic E-state index is -0.700.